The predicted octanol–water partition coefficient (Wildman–Crippen LogP) is 3.20. The van der Waals surface area contributed by atoms with E-state index in [1.807, 2.05) is 32.0 Å². The largest absolute Gasteiger partial charge is 0.304 e. The molecule has 0 atom stereocenters. The van der Waals surface area contributed by atoms with Gasteiger partial charge in [-0.25, -0.2) is 0 Å². The Balaban J connectivity index is 0.00000133. The molecule has 0 saturated carbocycles. The summed E-state index contributed by atoms with van der Waals surface area (Å²) in [7, 11) is 0. The summed E-state index contributed by atoms with van der Waals surface area (Å²) >= 11 is 0. The van der Waals surface area contributed by atoms with Gasteiger partial charge < -0.3 is 4.98 Å². The van der Waals surface area contributed by atoms with Crippen LogP contribution >= 0.6 is 0 Å². The van der Waals surface area contributed by atoms with Crippen LogP contribution in [-0.2, 0) is 26.5 Å². The third-order valence-electron chi connectivity index (χ3n) is 3.54. The van der Waals surface area contributed by atoms with E-state index in [-0.39, 0.29) is 26.6 Å². The molecule has 0 bridgehead atoms. The van der Waals surface area contributed by atoms with Crippen molar-refractivity contribution in [2.45, 2.75) is 19.3 Å². The Hall–Kier alpha value is -1.52. The number of rotatable bonds is 0. The van der Waals surface area contributed by atoms with Crippen LogP contribution in [0.15, 0.2) is 24.4 Å². The van der Waals surface area contributed by atoms with Crippen molar-refractivity contribution in [2.75, 3.05) is 0 Å². The molecule has 0 aliphatic heterocycles. The van der Waals surface area contributed by atoms with Crippen LogP contribution in [-0.4, -0.2) is 4.98 Å². The fraction of sp³-hybridized carbons (Fsp3) is 0.200. The molecule has 2 nitrogen and oxygen atoms in total. The summed E-state index contributed by atoms with van der Waals surface area (Å²) in [4.78, 5) is 4.34. The fourth-order valence-electron chi connectivity index (χ4n) is 2.69. The number of aromatic nitrogens is 1. The number of nitriles is 1. The van der Waals surface area contributed by atoms with Gasteiger partial charge >= 0.3 is 0 Å². The van der Waals surface area contributed by atoms with E-state index in [2.05, 4.69) is 11.1 Å². The zero-order valence-electron chi connectivity index (χ0n) is 10.4. The van der Waals surface area contributed by atoms with Gasteiger partial charge in [0.25, 0.3) is 0 Å². The minimum atomic E-state index is -0.517. The molecule has 0 amide bonds. The number of hydrogen-bond donors (Lipinski definition) is 0. The third kappa shape index (κ3) is 1.75. The van der Waals surface area contributed by atoms with E-state index in [1.165, 1.54) is 6.07 Å². The first-order valence-corrected chi connectivity index (χ1v) is 5.68. The van der Waals surface area contributed by atoms with Crippen LogP contribution in [0, 0.1) is 23.2 Å². The van der Waals surface area contributed by atoms with Crippen molar-refractivity contribution in [3.05, 3.63) is 53.0 Å². The zero-order chi connectivity index (χ0) is 12.9. The normalized spacial score (nSPS) is 14.0. The molecule has 1 aliphatic rings. The average molecular weight is 432 g/mol. The summed E-state index contributed by atoms with van der Waals surface area (Å²) < 4.78 is 13.7. The van der Waals surface area contributed by atoms with E-state index >= 15 is 0 Å². The molecule has 0 saturated heterocycles. The van der Waals surface area contributed by atoms with E-state index in [4.69, 9.17) is 5.26 Å². The average Bonchev–Trinajstić information content (AvgIpc) is 2.60. The van der Waals surface area contributed by atoms with Gasteiger partial charge in [-0.05, 0) is 17.2 Å². The van der Waals surface area contributed by atoms with Crippen molar-refractivity contribution in [3.8, 4) is 17.3 Å². The fourth-order valence-corrected chi connectivity index (χ4v) is 2.69. The van der Waals surface area contributed by atoms with E-state index in [1.54, 1.807) is 6.20 Å². The van der Waals surface area contributed by atoms with Crippen molar-refractivity contribution >= 4 is 0 Å². The number of nitrogens with zero attached hydrogens (tertiary/aromatic N) is 2. The first-order chi connectivity index (χ1) is 8.57. The molecule has 2 aromatic rings. The molecule has 0 unspecified atom stereocenters. The van der Waals surface area contributed by atoms with E-state index in [9.17, 15) is 4.39 Å². The molecule has 1 aromatic carbocycles. The van der Waals surface area contributed by atoms with Crippen molar-refractivity contribution < 1.29 is 25.5 Å². The van der Waals surface area contributed by atoms with Crippen molar-refractivity contribution in [1.29, 1.82) is 5.26 Å². The molecule has 19 heavy (non-hydrogen) atoms. The van der Waals surface area contributed by atoms with Crippen LogP contribution < -0.4 is 0 Å². The van der Waals surface area contributed by atoms with Crippen LogP contribution in [0.4, 0.5) is 4.39 Å². The topological polar surface area (TPSA) is 36.7 Å². The Morgan fingerprint density at radius 3 is 2.84 bits per heavy atom. The minimum Gasteiger partial charge on any atom is -0.304 e. The zero-order valence-corrected chi connectivity index (χ0v) is 12.7. The molecule has 0 N–H and O–H groups in total. The number of pyridine rings is 1. The number of hydrogen-bond acceptors (Lipinski definition) is 2. The molecule has 98 valence electrons. The van der Waals surface area contributed by atoms with Gasteiger partial charge in [0.1, 0.15) is 0 Å². The van der Waals surface area contributed by atoms with Crippen molar-refractivity contribution in [2.24, 2.45) is 0 Å². The van der Waals surface area contributed by atoms with Gasteiger partial charge in [0.05, 0.1) is 11.9 Å². The quantitative estimate of drug-likeness (QED) is 0.600. The maximum atomic E-state index is 13.7. The van der Waals surface area contributed by atoms with Crippen LogP contribution in [0.2, 0.25) is 0 Å². The van der Waals surface area contributed by atoms with Gasteiger partial charge in [-0.3, -0.25) is 4.39 Å². The Kier molecular flexibility index (Phi) is 3.32. The molecular weight excluding hydrogens is 422 g/mol. The van der Waals surface area contributed by atoms with Crippen LogP contribution in [0.1, 0.15) is 30.5 Å². The first-order valence-electron chi connectivity index (χ1n) is 5.68. The summed E-state index contributed by atoms with van der Waals surface area (Å²) in [6.45, 7) is 3.96. The van der Waals surface area contributed by atoms with Gasteiger partial charge in [0.2, 0.25) is 0 Å². The number of halogens is 1. The van der Waals surface area contributed by atoms with Crippen molar-refractivity contribution in [3.63, 3.8) is 0 Å². The standard InChI is InChI=1S/C15H10FN2.Pt/c1-15(2)11-4-3-7-18-14(11)9-5-6-12(16)10(8-17)13(9)15;/h3-4,6-7H,1-2H3;/q-1;. The summed E-state index contributed by atoms with van der Waals surface area (Å²) in [6, 6.07) is 9.92. The Morgan fingerprint density at radius 2 is 2.16 bits per heavy atom. The van der Waals surface area contributed by atoms with Gasteiger partial charge in [0.15, 0.2) is 0 Å². The maximum Gasteiger partial charge on any atom is 0.0821 e. The summed E-state index contributed by atoms with van der Waals surface area (Å²) in [6.07, 6.45) is 1.70. The van der Waals surface area contributed by atoms with Crippen molar-refractivity contribution in [1.82, 2.24) is 4.98 Å². The monoisotopic (exact) mass is 432 g/mol. The molecule has 0 fully saturated rings. The van der Waals surface area contributed by atoms with Gasteiger partial charge in [-0.15, -0.1) is 17.7 Å². The molecule has 0 spiro atoms. The van der Waals surface area contributed by atoms with Crippen LogP contribution in [0.3, 0.4) is 0 Å². The first kappa shape index (κ1) is 13.9. The Bertz CT molecular complexity index is 702. The maximum absolute atomic E-state index is 13.7. The second kappa shape index (κ2) is 4.54. The molecule has 1 aliphatic carbocycles. The second-order valence-corrected chi connectivity index (χ2v) is 4.90. The summed E-state index contributed by atoms with van der Waals surface area (Å²) in [5.41, 5.74) is 2.94. The summed E-state index contributed by atoms with van der Waals surface area (Å²) in [5, 5.41) is 9.17. The molecule has 1 aromatic heterocycles. The molecule has 4 heteroatoms. The minimum absolute atomic E-state index is 0. The molecular formula is C15H10FN2Pt-. The molecule has 0 radical (unpaired) electrons. The molecule has 3 rings (SSSR count). The second-order valence-electron chi connectivity index (χ2n) is 4.90. The number of benzene rings is 1. The van der Waals surface area contributed by atoms with E-state index < -0.39 is 11.2 Å². The Labute approximate surface area is 125 Å². The third-order valence-corrected chi connectivity index (χ3v) is 3.54. The van der Waals surface area contributed by atoms with Crippen LogP contribution in [0.25, 0.3) is 11.3 Å². The summed E-state index contributed by atoms with van der Waals surface area (Å²) in [5.74, 6) is -0.517. The van der Waals surface area contributed by atoms with Gasteiger partial charge in [0, 0.05) is 32.8 Å². The molecule has 1 heterocycles. The van der Waals surface area contributed by atoms with Gasteiger partial charge in [-0.2, -0.15) is 5.26 Å². The number of fused-ring (bicyclic) bond motifs is 3. The predicted molar refractivity (Wildman–Crippen MR) is 65.3 cm³/mol. The Morgan fingerprint density at radius 1 is 1.42 bits per heavy atom. The van der Waals surface area contributed by atoms with Crippen LogP contribution in [0.5, 0.6) is 0 Å². The SMILES string of the molecule is CC1(C)c2cccnc2-c2[c-]cc(F)c(C#N)c21.[Pt]. The van der Waals surface area contributed by atoms with E-state index in [0.717, 1.165) is 16.8 Å². The van der Waals surface area contributed by atoms with Gasteiger partial charge in [-0.1, -0.05) is 31.0 Å². The smallest absolute Gasteiger partial charge is 0.0821 e. The van der Waals surface area contributed by atoms with E-state index in [0.29, 0.717) is 5.56 Å².